The second kappa shape index (κ2) is 5.68. The zero-order chi connectivity index (χ0) is 12.9. The van der Waals surface area contributed by atoms with Crippen LogP contribution in [0.3, 0.4) is 0 Å². The second-order valence-corrected chi connectivity index (χ2v) is 4.63. The molecule has 0 spiro atoms. The summed E-state index contributed by atoms with van der Waals surface area (Å²) in [6.45, 7) is 1.73. The van der Waals surface area contributed by atoms with Crippen LogP contribution in [0.4, 0.5) is 0 Å². The molecule has 0 saturated heterocycles. The Balaban J connectivity index is 1.72. The standard InChI is InChI=1S/C18H16N/c1-2-7-15(8-3-1)13-19-14-17-11-6-10-16-9-4-5-12-18(16)17/h1-10,12,19H,13-14H2. The molecular formula is C18H16N. The molecule has 3 rings (SSSR count). The maximum absolute atomic E-state index is 3.48. The van der Waals surface area contributed by atoms with Crippen molar-refractivity contribution in [2.75, 3.05) is 0 Å². The van der Waals surface area contributed by atoms with Crippen molar-refractivity contribution < 1.29 is 0 Å². The Kier molecular flexibility index (Phi) is 3.57. The highest BCUT2D eigenvalue weighted by atomic mass is 14.8. The molecule has 93 valence electrons. The van der Waals surface area contributed by atoms with Crippen molar-refractivity contribution in [3.63, 3.8) is 0 Å². The van der Waals surface area contributed by atoms with Crippen molar-refractivity contribution in [2.45, 2.75) is 13.1 Å². The first-order valence-corrected chi connectivity index (χ1v) is 6.56. The Bertz CT molecular complexity index is 653. The van der Waals surface area contributed by atoms with Gasteiger partial charge in [0.15, 0.2) is 0 Å². The lowest BCUT2D eigenvalue weighted by molar-refractivity contribution is 0.696. The largest absolute Gasteiger partial charge is 0.309 e. The van der Waals surface area contributed by atoms with E-state index in [0.717, 1.165) is 13.1 Å². The molecular weight excluding hydrogens is 230 g/mol. The van der Waals surface area contributed by atoms with Crippen molar-refractivity contribution in [3.05, 3.63) is 83.9 Å². The summed E-state index contributed by atoms with van der Waals surface area (Å²) in [6, 6.07) is 26.4. The van der Waals surface area contributed by atoms with Crippen molar-refractivity contribution in [1.29, 1.82) is 0 Å². The van der Waals surface area contributed by atoms with Crippen LogP contribution in [0, 0.1) is 6.07 Å². The number of benzene rings is 3. The average Bonchev–Trinajstić information content (AvgIpc) is 2.49. The molecule has 0 aromatic heterocycles. The van der Waals surface area contributed by atoms with Crippen LogP contribution in [-0.2, 0) is 13.1 Å². The molecule has 0 saturated carbocycles. The van der Waals surface area contributed by atoms with Gasteiger partial charge >= 0.3 is 0 Å². The Morgan fingerprint density at radius 2 is 1.58 bits per heavy atom. The van der Waals surface area contributed by atoms with E-state index < -0.39 is 0 Å². The second-order valence-electron chi connectivity index (χ2n) is 4.63. The highest BCUT2D eigenvalue weighted by molar-refractivity contribution is 5.85. The zero-order valence-electron chi connectivity index (χ0n) is 10.8. The van der Waals surface area contributed by atoms with Gasteiger partial charge < -0.3 is 5.32 Å². The number of hydrogen-bond donors (Lipinski definition) is 1. The molecule has 0 aliphatic heterocycles. The number of fused-ring (bicyclic) bond motifs is 1. The number of hydrogen-bond acceptors (Lipinski definition) is 1. The predicted octanol–water partition coefficient (Wildman–Crippen LogP) is 3.93. The Morgan fingerprint density at radius 1 is 0.789 bits per heavy atom. The lowest BCUT2D eigenvalue weighted by Crippen LogP contribution is -2.12. The third-order valence-corrected chi connectivity index (χ3v) is 3.28. The monoisotopic (exact) mass is 246 g/mol. The first-order chi connectivity index (χ1) is 9.43. The van der Waals surface area contributed by atoms with Crippen LogP contribution in [0.15, 0.2) is 66.7 Å². The van der Waals surface area contributed by atoms with Crippen LogP contribution in [0.2, 0.25) is 0 Å². The maximum atomic E-state index is 3.48. The maximum Gasteiger partial charge on any atom is 0.0221 e. The van der Waals surface area contributed by atoms with E-state index in [1.54, 1.807) is 0 Å². The van der Waals surface area contributed by atoms with Gasteiger partial charge in [-0.05, 0) is 28.0 Å². The predicted molar refractivity (Wildman–Crippen MR) is 79.8 cm³/mol. The molecule has 0 aliphatic carbocycles. The summed E-state index contributed by atoms with van der Waals surface area (Å²) < 4.78 is 0. The van der Waals surface area contributed by atoms with Crippen molar-refractivity contribution >= 4 is 10.8 Å². The van der Waals surface area contributed by atoms with E-state index in [1.165, 1.54) is 21.9 Å². The molecule has 1 nitrogen and oxygen atoms in total. The van der Waals surface area contributed by atoms with Crippen molar-refractivity contribution in [3.8, 4) is 0 Å². The SMILES string of the molecule is [c]1ccc2ccccc2c1CNCc1ccccc1. The summed E-state index contributed by atoms with van der Waals surface area (Å²) in [5, 5.41) is 6.04. The van der Waals surface area contributed by atoms with E-state index in [0.29, 0.717) is 0 Å². The molecule has 3 aromatic carbocycles. The van der Waals surface area contributed by atoms with Crippen LogP contribution in [0.5, 0.6) is 0 Å². The van der Waals surface area contributed by atoms with Gasteiger partial charge in [0.2, 0.25) is 0 Å². The van der Waals surface area contributed by atoms with Crippen LogP contribution in [0.1, 0.15) is 11.1 Å². The summed E-state index contributed by atoms with van der Waals surface area (Å²) in [5.74, 6) is 0. The Labute approximate surface area is 113 Å². The van der Waals surface area contributed by atoms with Gasteiger partial charge in [0.25, 0.3) is 0 Å². The highest BCUT2D eigenvalue weighted by Gasteiger charge is 2.00. The van der Waals surface area contributed by atoms with Gasteiger partial charge in [0, 0.05) is 13.1 Å². The van der Waals surface area contributed by atoms with Gasteiger partial charge in [0.1, 0.15) is 0 Å². The van der Waals surface area contributed by atoms with Crippen LogP contribution in [-0.4, -0.2) is 0 Å². The number of nitrogens with one attached hydrogen (secondary N) is 1. The molecule has 0 fully saturated rings. The fourth-order valence-corrected chi connectivity index (χ4v) is 2.30. The van der Waals surface area contributed by atoms with E-state index in [1.807, 2.05) is 12.1 Å². The van der Waals surface area contributed by atoms with Crippen LogP contribution >= 0.6 is 0 Å². The minimum Gasteiger partial charge on any atom is -0.309 e. The first-order valence-electron chi connectivity index (χ1n) is 6.56. The molecule has 19 heavy (non-hydrogen) atoms. The molecule has 0 amide bonds. The van der Waals surface area contributed by atoms with E-state index in [4.69, 9.17) is 0 Å². The topological polar surface area (TPSA) is 12.0 Å². The van der Waals surface area contributed by atoms with E-state index >= 15 is 0 Å². The summed E-state index contributed by atoms with van der Waals surface area (Å²) in [4.78, 5) is 0. The molecule has 1 heteroatoms. The van der Waals surface area contributed by atoms with Gasteiger partial charge in [-0.15, -0.1) is 0 Å². The van der Waals surface area contributed by atoms with Crippen LogP contribution in [0.25, 0.3) is 10.8 Å². The average molecular weight is 246 g/mol. The fourth-order valence-electron chi connectivity index (χ4n) is 2.30. The van der Waals surface area contributed by atoms with E-state index in [9.17, 15) is 0 Å². The molecule has 0 aliphatic rings. The normalized spacial score (nSPS) is 10.7. The molecule has 1 N–H and O–H groups in total. The van der Waals surface area contributed by atoms with E-state index in [2.05, 4.69) is 66.0 Å². The summed E-state index contributed by atoms with van der Waals surface area (Å²) in [5.41, 5.74) is 2.54. The van der Waals surface area contributed by atoms with Crippen LogP contribution < -0.4 is 5.32 Å². The Hall–Kier alpha value is -2.12. The molecule has 0 heterocycles. The molecule has 0 bridgehead atoms. The highest BCUT2D eigenvalue weighted by Crippen LogP contribution is 2.17. The van der Waals surface area contributed by atoms with E-state index in [-0.39, 0.29) is 0 Å². The van der Waals surface area contributed by atoms with Gasteiger partial charge in [-0.3, -0.25) is 0 Å². The van der Waals surface area contributed by atoms with Gasteiger partial charge in [0.05, 0.1) is 0 Å². The Morgan fingerprint density at radius 3 is 2.47 bits per heavy atom. The molecule has 0 atom stereocenters. The van der Waals surface area contributed by atoms with Gasteiger partial charge in [-0.1, -0.05) is 66.7 Å². The minimum atomic E-state index is 0.843. The summed E-state index contributed by atoms with van der Waals surface area (Å²) in [6.07, 6.45) is 0. The zero-order valence-corrected chi connectivity index (χ0v) is 10.8. The molecule has 1 radical (unpaired) electrons. The minimum absolute atomic E-state index is 0.843. The first kappa shape index (κ1) is 11.9. The molecule has 3 aromatic rings. The van der Waals surface area contributed by atoms with Gasteiger partial charge in [-0.25, -0.2) is 0 Å². The third-order valence-electron chi connectivity index (χ3n) is 3.28. The molecule has 0 unspecified atom stereocenters. The number of rotatable bonds is 4. The lowest BCUT2D eigenvalue weighted by atomic mass is 10.0. The lowest BCUT2D eigenvalue weighted by Gasteiger charge is -2.08. The summed E-state index contributed by atoms with van der Waals surface area (Å²) in [7, 11) is 0. The smallest absolute Gasteiger partial charge is 0.0221 e. The van der Waals surface area contributed by atoms with Crippen molar-refractivity contribution in [2.24, 2.45) is 0 Å². The fraction of sp³-hybridized carbons (Fsp3) is 0.111. The quantitative estimate of drug-likeness (QED) is 0.735. The van der Waals surface area contributed by atoms with Gasteiger partial charge in [-0.2, -0.15) is 0 Å². The summed E-state index contributed by atoms with van der Waals surface area (Å²) >= 11 is 0. The van der Waals surface area contributed by atoms with Crippen molar-refractivity contribution in [1.82, 2.24) is 5.32 Å². The third kappa shape index (κ3) is 2.83.